The maximum absolute atomic E-state index is 8.67. The molecule has 0 aromatic heterocycles. The SMILES string of the molecule is CN1CC=C(CB(O)O)CC1. The van der Waals surface area contributed by atoms with Crippen LogP contribution < -0.4 is 0 Å². The molecule has 3 nitrogen and oxygen atoms in total. The molecule has 0 aliphatic carbocycles. The molecule has 0 spiro atoms. The third kappa shape index (κ3) is 3.05. The van der Waals surface area contributed by atoms with E-state index in [0.29, 0.717) is 6.32 Å². The van der Waals surface area contributed by atoms with Gasteiger partial charge in [-0.2, -0.15) is 0 Å². The third-order valence-corrected chi connectivity index (χ3v) is 1.95. The molecule has 1 aliphatic rings. The van der Waals surface area contributed by atoms with E-state index in [4.69, 9.17) is 10.0 Å². The second-order valence-electron chi connectivity index (χ2n) is 3.06. The van der Waals surface area contributed by atoms with E-state index in [1.807, 2.05) is 0 Å². The average Bonchev–Trinajstić information content (AvgIpc) is 1.93. The van der Waals surface area contributed by atoms with Gasteiger partial charge >= 0.3 is 7.12 Å². The summed E-state index contributed by atoms with van der Waals surface area (Å²) < 4.78 is 0. The van der Waals surface area contributed by atoms with E-state index < -0.39 is 7.12 Å². The van der Waals surface area contributed by atoms with Crippen LogP contribution in [0, 0.1) is 0 Å². The Balaban J connectivity index is 2.35. The zero-order valence-electron chi connectivity index (χ0n) is 6.82. The lowest BCUT2D eigenvalue weighted by Gasteiger charge is -2.21. The first-order valence-corrected chi connectivity index (χ1v) is 3.91. The van der Waals surface area contributed by atoms with Crippen LogP contribution >= 0.6 is 0 Å². The van der Waals surface area contributed by atoms with E-state index in [1.54, 1.807) is 0 Å². The van der Waals surface area contributed by atoms with Crippen molar-refractivity contribution in [1.29, 1.82) is 0 Å². The molecule has 0 amide bonds. The Labute approximate surface area is 67.5 Å². The molecule has 0 bridgehead atoms. The van der Waals surface area contributed by atoms with Gasteiger partial charge in [0.2, 0.25) is 0 Å². The van der Waals surface area contributed by atoms with Crippen molar-refractivity contribution in [3.05, 3.63) is 11.6 Å². The lowest BCUT2D eigenvalue weighted by molar-refractivity contribution is 0.355. The monoisotopic (exact) mass is 155 g/mol. The highest BCUT2D eigenvalue weighted by molar-refractivity contribution is 6.41. The minimum absolute atomic E-state index is 0.411. The molecule has 0 aromatic rings. The van der Waals surface area contributed by atoms with Crippen molar-refractivity contribution < 1.29 is 10.0 Å². The Morgan fingerprint density at radius 2 is 2.36 bits per heavy atom. The summed E-state index contributed by atoms with van der Waals surface area (Å²) in [6.07, 6.45) is 3.45. The molecule has 0 saturated heterocycles. The van der Waals surface area contributed by atoms with E-state index >= 15 is 0 Å². The highest BCUT2D eigenvalue weighted by Crippen LogP contribution is 2.13. The van der Waals surface area contributed by atoms with Crippen molar-refractivity contribution in [2.45, 2.75) is 12.7 Å². The van der Waals surface area contributed by atoms with E-state index in [1.165, 1.54) is 0 Å². The van der Waals surface area contributed by atoms with Crippen LogP contribution in [-0.4, -0.2) is 42.2 Å². The fourth-order valence-corrected chi connectivity index (χ4v) is 1.23. The van der Waals surface area contributed by atoms with Crippen LogP contribution in [0.5, 0.6) is 0 Å². The topological polar surface area (TPSA) is 43.7 Å². The zero-order valence-corrected chi connectivity index (χ0v) is 6.82. The maximum atomic E-state index is 8.67. The number of likely N-dealkylation sites (N-methyl/N-ethyl adjacent to an activating group) is 1. The smallest absolute Gasteiger partial charge is 0.427 e. The zero-order chi connectivity index (χ0) is 8.27. The molecule has 0 aromatic carbocycles. The molecule has 0 saturated carbocycles. The van der Waals surface area contributed by atoms with Crippen molar-refractivity contribution >= 4 is 7.12 Å². The van der Waals surface area contributed by atoms with Gasteiger partial charge < -0.3 is 14.9 Å². The first kappa shape index (κ1) is 8.78. The average molecular weight is 155 g/mol. The van der Waals surface area contributed by atoms with Crippen molar-refractivity contribution in [1.82, 2.24) is 4.90 Å². The summed E-state index contributed by atoms with van der Waals surface area (Å²) in [4.78, 5) is 2.20. The van der Waals surface area contributed by atoms with E-state index in [2.05, 4.69) is 18.0 Å². The highest BCUT2D eigenvalue weighted by atomic mass is 16.4. The molecular formula is C7H14BNO2. The van der Waals surface area contributed by atoms with Crippen LogP contribution in [0.25, 0.3) is 0 Å². The second-order valence-corrected chi connectivity index (χ2v) is 3.06. The van der Waals surface area contributed by atoms with E-state index in [0.717, 1.165) is 25.1 Å². The summed E-state index contributed by atoms with van der Waals surface area (Å²) in [5.41, 5.74) is 1.16. The molecule has 1 heterocycles. The normalized spacial score (nSPS) is 19.7. The standard InChI is InChI=1S/C7H14BNO2/c1-9-4-2-7(3-5-9)6-8(10)11/h2,10-11H,3-6H2,1H3. The van der Waals surface area contributed by atoms with Gasteiger partial charge in [-0.1, -0.05) is 11.6 Å². The maximum Gasteiger partial charge on any atom is 0.455 e. The minimum Gasteiger partial charge on any atom is -0.427 e. The van der Waals surface area contributed by atoms with Crippen LogP contribution in [0.3, 0.4) is 0 Å². The van der Waals surface area contributed by atoms with Gasteiger partial charge in [0.05, 0.1) is 0 Å². The van der Waals surface area contributed by atoms with Gasteiger partial charge in [-0.05, 0) is 13.5 Å². The number of hydrogen-bond acceptors (Lipinski definition) is 3. The van der Waals surface area contributed by atoms with Crippen molar-refractivity contribution in [2.75, 3.05) is 20.1 Å². The fourth-order valence-electron chi connectivity index (χ4n) is 1.23. The van der Waals surface area contributed by atoms with Crippen molar-refractivity contribution in [2.24, 2.45) is 0 Å². The third-order valence-electron chi connectivity index (χ3n) is 1.95. The Bertz CT molecular complexity index is 159. The van der Waals surface area contributed by atoms with Crippen LogP contribution in [0.15, 0.2) is 11.6 Å². The molecule has 0 radical (unpaired) electrons. The highest BCUT2D eigenvalue weighted by Gasteiger charge is 2.13. The van der Waals surface area contributed by atoms with E-state index in [-0.39, 0.29) is 0 Å². The second kappa shape index (κ2) is 3.90. The van der Waals surface area contributed by atoms with Crippen LogP contribution in [-0.2, 0) is 0 Å². The lowest BCUT2D eigenvalue weighted by Crippen LogP contribution is -2.25. The molecule has 11 heavy (non-hydrogen) atoms. The van der Waals surface area contributed by atoms with Crippen molar-refractivity contribution in [3.8, 4) is 0 Å². The summed E-state index contributed by atoms with van der Waals surface area (Å²) in [5, 5.41) is 17.3. The van der Waals surface area contributed by atoms with Crippen LogP contribution in [0.2, 0.25) is 6.32 Å². The Hall–Kier alpha value is -0.315. The molecule has 4 heteroatoms. The predicted molar refractivity (Wildman–Crippen MR) is 45.2 cm³/mol. The Morgan fingerprint density at radius 3 is 2.82 bits per heavy atom. The number of nitrogens with zero attached hydrogens (tertiary/aromatic N) is 1. The summed E-state index contributed by atoms with van der Waals surface area (Å²) >= 11 is 0. The Kier molecular flexibility index (Phi) is 3.11. The quantitative estimate of drug-likeness (QED) is 0.425. The Morgan fingerprint density at radius 1 is 1.64 bits per heavy atom. The van der Waals surface area contributed by atoms with Crippen molar-refractivity contribution in [3.63, 3.8) is 0 Å². The molecule has 1 aliphatic heterocycles. The van der Waals surface area contributed by atoms with Gasteiger partial charge in [0.15, 0.2) is 0 Å². The summed E-state index contributed by atoms with van der Waals surface area (Å²) in [5.74, 6) is 0. The largest absolute Gasteiger partial charge is 0.455 e. The van der Waals surface area contributed by atoms with Gasteiger partial charge in [0.25, 0.3) is 0 Å². The van der Waals surface area contributed by atoms with Crippen LogP contribution in [0.1, 0.15) is 6.42 Å². The fraction of sp³-hybridized carbons (Fsp3) is 0.714. The molecule has 0 atom stereocenters. The summed E-state index contributed by atoms with van der Waals surface area (Å²) in [6.45, 7) is 1.96. The van der Waals surface area contributed by atoms with Gasteiger partial charge in [0, 0.05) is 19.4 Å². The van der Waals surface area contributed by atoms with Gasteiger partial charge in [-0.25, -0.2) is 0 Å². The molecule has 2 N–H and O–H groups in total. The molecule has 1 rings (SSSR count). The van der Waals surface area contributed by atoms with Crippen LogP contribution in [0.4, 0.5) is 0 Å². The first-order chi connectivity index (χ1) is 5.18. The van der Waals surface area contributed by atoms with Gasteiger partial charge in [0.1, 0.15) is 0 Å². The molecule has 62 valence electrons. The van der Waals surface area contributed by atoms with Gasteiger partial charge in [-0.3, -0.25) is 0 Å². The van der Waals surface area contributed by atoms with E-state index in [9.17, 15) is 0 Å². The summed E-state index contributed by atoms with van der Waals surface area (Å²) in [7, 11) is 0.882. The number of rotatable bonds is 2. The van der Waals surface area contributed by atoms with Gasteiger partial charge in [-0.15, -0.1) is 0 Å². The molecule has 0 unspecified atom stereocenters. The summed E-state index contributed by atoms with van der Waals surface area (Å²) in [6, 6.07) is 0. The molecule has 0 fully saturated rings. The first-order valence-electron chi connectivity index (χ1n) is 3.91. The lowest BCUT2D eigenvalue weighted by atomic mass is 9.80. The predicted octanol–water partition coefficient (Wildman–Crippen LogP) is -0.279. The minimum atomic E-state index is -1.18. The number of hydrogen-bond donors (Lipinski definition) is 2. The molecular weight excluding hydrogens is 141 g/mol.